The van der Waals surface area contributed by atoms with Crippen molar-refractivity contribution in [3.8, 4) is 0 Å². The zero-order valence-corrected chi connectivity index (χ0v) is 19.7. The summed E-state index contributed by atoms with van der Waals surface area (Å²) in [6.45, 7) is 0.714. The summed E-state index contributed by atoms with van der Waals surface area (Å²) in [6, 6.07) is 18.6. The van der Waals surface area contributed by atoms with Crippen LogP contribution in [0.15, 0.2) is 54.6 Å². The fraction of sp³-hybridized carbons (Fsp3) is 0.462. The number of hydrogen-bond donors (Lipinski definition) is 2. The van der Waals surface area contributed by atoms with Crippen LogP contribution in [0.2, 0.25) is 0 Å². The van der Waals surface area contributed by atoms with E-state index in [1.165, 1.54) is 11.1 Å². The Balaban J connectivity index is 0.00000512. The normalized spacial score (nSPS) is 10.3. The van der Waals surface area contributed by atoms with Crippen molar-refractivity contribution in [1.82, 2.24) is 5.48 Å². The molecular weight excluding hydrogens is 424 g/mol. The molecule has 2 aromatic rings. The number of carbonyl (C=O) groups excluding carboxylic acids is 2. The molecule has 5 nitrogen and oxygen atoms in total. The van der Waals surface area contributed by atoms with E-state index in [1.54, 1.807) is 0 Å². The number of hydroxylamine groups is 1. The SMILES string of the molecule is Cl.NCCCCCCCC(=O)ONC(=O)Cc1ccc(CCCCc2ccccc2)cc1. The quantitative estimate of drug-likeness (QED) is 0.304. The number of benzene rings is 2. The molecular formula is C26H37ClN2O3. The lowest BCUT2D eigenvalue weighted by molar-refractivity contribution is -0.158. The second kappa shape index (κ2) is 17.2. The van der Waals surface area contributed by atoms with Crippen LogP contribution in [0.25, 0.3) is 0 Å². The zero-order valence-electron chi connectivity index (χ0n) is 18.9. The van der Waals surface area contributed by atoms with E-state index < -0.39 is 5.97 Å². The predicted octanol–water partition coefficient (Wildman–Crippen LogP) is 5.09. The minimum absolute atomic E-state index is 0. The Bertz CT molecular complexity index is 766. The van der Waals surface area contributed by atoms with Crippen LogP contribution in [-0.4, -0.2) is 18.4 Å². The molecule has 0 saturated carbocycles. The van der Waals surface area contributed by atoms with Crippen molar-refractivity contribution in [2.24, 2.45) is 5.73 Å². The Morgan fingerprint density at radius 3 is 1.94 bits per heavy atom. The maximum Gasteiger partial charge on any atom is 0.332 e. The van der Waals surface area contributed by atoms with E-state index in [-0.39, 0.29) is 24.7 Å². The number of carbonyl (C=O) groups is 2. The highest BCUT2D eigenvalue weighted by Crippen LogP contribution is 2.11. The van der Waals surface area contributed by atoms with Crippen molar-refractivity contribution in [2.45, 2.75) is 70.6 Å². The molecule has 0 bridgehead atoms. The summed E-state index contributed by atoms with van der Waals surface area (Å²) in [5.41, 5.74) is 11.3. The number of hydrogen-bond acceptors (Lipinski definition) is 4. The highest BCUT2D eigenvalue weighted by Gasteiger charge is 2.08. The topological polar surface area (TPSA) is 81.4 Å². The van der Waals surface area contributed by atoms with Crippen molar-refractivity contribution in [3.05, 3.63) is 71.3 Å². The second-order valence-corrected chi connectivity index (χ2v) is 7.99. The maximum atomic E-state index is 12.0. The fourth-order valence-corrected chi connectivity index (χ4v) is 3.46. The molecule has 0 aliphatic rings. The Kier molecular flexibility index (Phi) is 14.9. The van der Waals surface area contributed by atoms with Gasteiger partial charge in [0, 0.05) is 6.42 Å². The molecule has 0 aliphatic heterocycles. The lowest BCUT2D eigenvalue weighted by atomic mass is 10.0. The summed E-state index contributed by atoms with van der Waals surface area (Å²) >= 11 is 0. The van der Waals surface area contributed by atoms with E-state index in [0.717, 1.165) is 63.4 Å². The van der Waals surface area contributed by atoms with Crippen LogP contribution < -0.4 is 11.2 Å². The number of rotatable bonds is 14. The minimum atomic E-state index is -0.391. The number of amides is 1. The van der Waals surface area contributed by atoms with Gasteiger partial charge in [-0.05, 0) is 61.8 Å². The van der Waals surface area contributed by atoms with Gasteiger partial charge in [-0.3, -0.25) is 4.79 Å². The summed E-state index contributed by atoms with van der Waals surface area (Å²) in [7, 11) is 0. The van der Waals surface area contributed by atoms with Crippen LogP contribution in [0, 0.1) is 0 Å². The first-order chi connectivity index (χ1) is 15.2. The van der Waals surface area contributed by atoms with Gasteiger partial charge >= 0.3 is 5.97 Å². The van der Waals surface area contributed by atoms with Crippen LogP contribution in [0.4, 0.5) is 0 Å². The second-order valence-electron chi connectivity index (χ2n) is 7.99. The van der Waals surface area contributed by atoms with Crippen LogP contribution in [0.3, 0.4) is 0 Å². The number of nitrogens with one attached hydrogen (secondary N) is 1. The molecule has 0 spiro atoms. The molecule has 0 heterocycles. The number of unbranched alkanes of at least 4 members (excludes halogenated alkanes) is 5. The molecule has 6 heteroatoms. The largest absolute Gasteiger partial charge is 0.341 e. The molecule has 3 N–H and O–H groups in total. The fourth-order valence-electron chi connectivity index (χ4n) is 3.46. The number of nitrogens with two attached hydrogens (primary N) is 1. The van der Waals surface area contributed by atoms with E-state index in [4.69, 9.17) is 10.6 Å². The molecule has 0 atom stereocenters. The van der Waals surface area contributed by atoms with Gasteiger partial charge in [0.2, 0.25) is 0 Å². The van der Waals surface area contributed by atoms with Gasteiger partial charge < -0.3 is 10.6 Å². The predicted molar refractivity (Wildman–Crippen MR) is 131 cm³/mol. The average molecular weight is 461 g/mol. The van der Waals surface area contributed by atoms with Gasteiger partial charge in [-0.1, -0.05) is 73.9 Å². The van der Waals surface area contributed by atoms with Gasteiger partial charge in [-0.15, -0.1) is 12.4 Å². The average Bonchev–Trinajstić information content (AvgIpc) is 2.79. The van der Waals surface area contributed by atoms with Crippen molar-refractivity contribution in [3.63, 3.8) is 0 Å². The molecule has 2 rings (SSSR count). The Labute approximate surface area is 198 Å². The third-order valence-corrected chi connectivity index (χ3v) is 5.28. The lowest BCUT2D eigenvalue weighted by Gasteiger charge is -2.07. The summed E-state index contributed by atoms with van der Waals surface area (Å²) in [6.07, 6.45) is 9.88. The first-order valence-electron chi connectivity index (χ1n) is 11.5. The number of halogens is 1. The first kappa shape index (κ1) is 27.7. The maximum absolute atomic E-state index is 12.0. The van der Waals surface area contributed by atoms with Gasteiger partial charge in [0.1, 0.15) is 0 Å². The van der Waals surface area contributed by atoms with Crippen LogP contribution in [0.1, 0.15) is 68.1 Å². The highest BCUT2D eigenvalue weighted by atomic mass is 35.5. The van der Waals surface area contributed by atoms with Gasteiger partial charge in [-0.2, -0.15) is 5.48 Å². The van der Waals surface area contributed by atoms with Gasteiger partial charge in [0.05, 0.1) is 6.42 Å². The molecule has 176 valence electrons. The number of aryl methyl sites for hydroxylation is 2. The molecule has 2 aromatic carbocycles. The minimum Gasteiger partial charge on any atom is -0.341 e. The molecule has 0 radical (unpaired) electrons. The standard InChI is InChI=1S/C26H36N2O3.ClH/c27-20-10-3-1-2-7-15-26(30)31-28-25(29)21-24-18-16-23(17-19-24)14-9-8-13-22-11-5-4-6-12-22;/h4-6,11-12,16-19H,1-3,7-10,13-15,20-21,27H2,(H,28,29);1H. The molecule has 0 saturated heterocycles. The molecule has 0 aliphatic carbocycles. The van der Waals surface area contributed by atoms with Gasteiger partial charge in [-0.25, -0.2) is 4.79 Å². The highest BCUT2D eigenvalue weighted by molar-refractivity contribution is 5.85. The van der Waals surface area contributed by atoms with Crippen molar-refractivity contribution in [2.75, 3.05) is 6.54 Å². The molecule has 0 fully saturated rings. The monoisotopic (exact) mass is 460 g/mol. The van der Waals surface area contributed by atoms with E-state index in [2.05, 4.69) is 41.9 Å². The molecule has 0 unspecified atom stereocenters. The van der Waals surface area contributed by atoms with Crippen molar-refractivity contribution >= 4 is 24.3 Å². The van der Waals surface area contributed by atoms with Crippen LogP contribution in [0.5, 0.6) is 0 Å². The lowest BCUT2D eigenvalue weighted by Crippen LogP contribution is -2.28. The summed E-state index contributed by atoms with van der Waals surface area (Å²) in [5, 5.41) is 0. The van der Waals surface area contributed by atoms with Crippen LogP contribution in [-0.2, 0) is 33.7 Å². The van der Waals surface area contributed by atoms with Crippen molar-refractivity contribution in [1.29, 1.82) is 0 Å². The van der Waals surface area contributed by atoms with Gasteiger partial charge in [0.15, 0.2) is 0 Å². The van der Waals surface area contributed by atoms with Crippen molar-refractivity contribution < 1.29 is 14.4 Å². The van der Waals surface area contributed by atoms with E-state index in [1.807, 2.05) is 18.2 Å². The van der Waals surface area contributed by atoms with Crippen LogP contribution >= 0.6 is 12.4 Å². The Hall–Kier alpha value is -2.37. The van der Waals surface area contributed by atoms with E-state index >= 15 is 0 Å². The third-order valence-electron chi connectivity index (χ3n) is 5.28. The molecule has 1 amide bonds. The Morgan fingerprint density at radius 2 is 1.28 bits per heavy atom. The van der Waals surface area contributed by atoms with E-state index in [9.17, 15) is 9.59 Å². The summed E-state index contributed by atoms with van der Waals surface area (Å²) < 4.78 is 0. The smallest absolute Gasteiger partial charge is 0.332 e. The zero-order chi connectivity index (χ0) is 22.2. The summed E-state index contributed by atoms with van der Waals surface area (Å²) in [5.74, 6) is -0.704. The summed E-state index contributed by atoms with van der Waals surface area (Å²) in [4.78, 5) is 28.6. The first-order valence-corrected chi connectivity index (χ1v) is 11.5. The van der Waals surface area contributed by atoms with E-state index in [0.29, 0.717) is 13.0 Å². The molecule has 32 heavy (non-hydrogen) atoms. The molecule has 0 aromatic heterocycles. The Morgan fingerprint density at radius 1 is 0.719 bits per heavy atom. The third kappa shape index (κ3) is 12.5. The van der Waals surface area contributed by atoms with Gasteiger partial charge in [0.25, 0.3) is 5.91 Å².